The Bertz CT molecular complexity index is 1420. The number of hydrazone groups is 1. The molecule has 1 N–H and O–H groups in total. The Kier molecular flexibility index (Phi) is 10.4. The third-order valence-electron chi connectivity index (χ3n) is 4.27. The van der Waals surface area contributed by atoms with Crippen LogP contribution < -0.4 is 19.7 Å². The molecule has 15 heteroatoms. The van der Waals surface area contributed by atoms with E-state index in [9.17, 15) is 0 Å². The third-order valence-corrected chi connectivity index (χ3v) is 14.3. The van der Waals surface area contributed by atoms with E-state index in [1.165, 1.54) is 0 Å². The standard InChI is InChI=1S/C21H8Br9N3O3/c22-8-1-4-11(19(28)16(8)25)34-14-7-15(35-12-5-2-9(23)17(26)20(12)29)32-33(31-14)36-13-6-3-10(24)18(27)21(13)30/h1-7,31H. The molecule has 0 spiro atoms. The molecule has 3 aromatic rings. The van der Waals surface area contributed by atoms with Crippen LogP contribution in [0.5, 0.6) is 17.2 Å². The molecule has 0 atom stereocenters. The molecule has 188 valence electrons. The van der Waals surface area contributed by atoms with Gasteiger partial charge in [0, 0.05) is 26.8 Å². The van der Waals surface area contributed by atoms with Gasteiger partial charge in [-0.15, -0.1) is 0 Å². The number of ether oxygens (including phenoxy) is 2. The quantitative estimate of drug-likeness (QED) is 0.258. The minimum absolute atomic E-state index is 0.207. The Labute approximate surface area is 281 Å². The summed E-state index contributed by atoms with van der Waals surface area (Å²) in [5, 5.41) is 5.57. The van der Waals surface area contributed by atoms with Gasteiger partial charge in [-0.2, -0.15) is 0 Å². The first-order chi connectivity index (χ1) is 17.0. The lowest BCUT2D eigenvalue weighted by Gasteiger charge is -2.26. The molecule has 0 aliphatic carbocycles. The van der Waals surface area contributed by atoms with E-state index in [1.54, 1.807) is 18.2 Å². The van der Waals surface area contributed by atoms with Crippen LogP contribution in [0.4, 0.5) is 0 Å². The number of hydrogen-bond donors (Lipinski definition) is 1. The number of hydrazine groups is 1. The van der Waals surface area contributed by atoms with E-state index < -0.39 is 0 Å². The molecule has 1 aliphatic heterocycles. The minimum atomic E-state index is 0.207. The fourth-order valence-electron chi connectivity index (χ4n) is 2.60. The normalized spacial score (nSPS) is 13.1. The van der Waals surface area contributed by atoms with Crippen LogP contribution in [-0.2, 0) is 0 Å². The van der Waals surface area contributed by atoms with Crippen molar-refractivity contribution in [3.8, 4) is 17.2 Å². The van der Waals surface area contributed by atoms with Gasteiger partial charge >= 0.3 is 0 Å². The Morgan fingerprint density at radius 3 is 1.53 bits per heavy atom. The number of nitrogens with zero attached hydrogens (tertiary/aromatic N) is 2. The summed E-state index contributed by atoms with van der Waals surface area (Å²) < 4.78 is 19.3. The highest BCUT2D eigenvalue weighted by molar-refractivity contribution is 9.15. The van der Waals surface area contributed by atoms with Crippen LogP contribution >= 0.6 is 143 Å². The lowest BCUT2D eigenvalue weighted by Crippen LogP contribution is -2.42. The summed E-state index contributed by atoms with van der Waals surface area (Å²) in [6.45, 7) is 0. The Hall–Kier alpha value is 0.390. The topological polar surface area (TPSA) is 55.3 Å². The summed E-state index contributed by atoms with van der Waals surface area (Å²) in [6.07, 6.45) is 1.61. The van der Waals surface area contributed by atoms with Gasteiger partial charge in [0.15, 0.2) is 5.75 Å². The van der Waals surface area contributed by atoms with Gasteiger partial charge in [0.2, 0.25) is 11.8 Å². The highest BCUT2D eigenvalue weighted by Crippen LogP contribution is 2.41. The lowest BCUT2D eigenvalue weighted by molar-refractivity contribution is -0.107. The first-order valence-corrected chi connectivity index (χ1v) is 16.5. The summed E-state index contributed by atoms with van der Waals surface area (Å²) in [5.41, 5.74) is 2.98. The van der Waals surface area contributed by atoms with E-state index in [2.05, 4.69) is 154 Å². The van der Waals surface area contributed by atoms with E-state index in [0.29, 0.717) is 32.1 Å². The van der Waals surface area contributed by atoms with Crippen molar-refractivity contribution >= 4 is 149 Å². The summed E-state index contributed by atoms with van der Waals surface area (Å²) in [4.78, 5) is 5.98. The van der Waals surface area contributed by atoms with E-state index in [-0.39, 0.29) is 5.90 Å². The summed E-state index contributed by atoms with van der Waals surface area (Å²) in [7, 11) is 0. The van der Waals surface area contributed by atoms with Crippen molar-refractivity contribution in [3.63, 3.8) is 0 Å². The van der Waals surface area contributed by atoms with E-state index in [4.69, 9.17) is 14.3 Å². The van der Waals surface area contributed by atoms with Gasteiger partial charge in [-0.1, -0.05) is 5.10 Å². The minimum Gasteiger partial charge on any atom is -0.438 e. The molecule has 0 fully saturated rings. The van der Waals surface area contributed by atoms with Crippen molar-refractivity contribution in [2.75, 3.05) is 0 Å². The largest absolute Gasteiger partial charge is 0.438 e. The van der Waals surface area contributed by atoms with E-state index in [0.717, 1.165) is 36.6 Å². The number of hydrogen-bond acceptors (Lipinski definition) is 6. The molecule has 36 heavy (non-hydrogen) atoms. The molecule has 0 radical (unpaired) electrons. The second kappa shape index (κ2) is 12.7. The molecule has 0 unspecified atom stereocenters. The van der Waals surface area contributed by atoms with Crippen LogP contribution in [0.3, 0.4) is 0 Å². The Morgan fingerprint density at radius 2 is 1.00 bits per heavy atom. The van der Waals surface area contributed by atoms with Crippen molar-refractivity contribution in [3.05, 3.63) is 88.6 Å². The first kappa shape index (κ1) is 29.4. The molecule has 3 aromatic carbocycles. The zero-order chi connectivity index (χ0) is 26.1. The van der Waals surface area contributed by atoms with E-state index >= 15 is 0 Å². The van der Waals surface area contributed by atoms with E-state index in [1.807, 2.05) is 24.3 Å². The van der Waals surface area contributed by atoms with Crippen LogP contribution in [0.25, 0.3) is 0 Å². The molecule has 1 aliphatic rings. The van der Waals surface area contributed by atoms with Crippen LogP contribution in [0.15, 0.2) is 93.7 Å². The second-order valence-electron chi connectivity index (χ2n) is 6.65. The van der Waals surface area contributed by atoms with Gasteiger partial charge in [0.05, 0.1) is 19.5 Å². The van der Waals surface area contributed by atoms with Gasteiger partial charge < -0.3 is 14.3 Å². The van der Waals surface area contributed by atoms with Crippen LogP contribution in [0.2, 0.25) is 0 Å². The maximum Gasteiger partial charge on any atom is 0.247 e. The molecule has 6 nitrogen and oxygen atoms in total. The number of benzene rings is 3. The molecule has 0 amide bonds. The molecule has 0 bridgehead atoms. The summed E-state index contributed by atoms with van der Waals surface area (Å²) in [6, 6.07) is 10.9. The smallest absolute Gasteiger partial charge is 0.247 e. The number of nitrogens with one attached hydrogen (secondary N) is 1. The molecular weight excluding hydrogens is 1060 g/mol. The van der Waals surface area contributed by atoms with Crippen molar-refractivity contribution in [1.29, 1.82) is 0 Å². The van der Waals surface area contributed by atoms with Crippen molar-refractivity contribution in [2.24, 2.45) is 5.10 Å². The Morgan fingerprint density at radius 1 is 0.556 bits per heavy atom. The molecule has 0 saturated carbocycles. The number of halogens is 9. The predicted molar refractivity (Wildman–Crippen MR) is 171 cm³/mol. The first-order valence-electron chi connectivity index (χ1n) is 9.36. The molecule has 4 rings (SSSR count). The van der Waals surface area contributed by atoms with Crippen molar-refractivity contribution < 1.29 is 14.3 Å². The summed E-state index contributed by atoms with van der Waals surface area (Å²) >= 11 is 31.6. The maximum atomic E-state index is 6.12. The van der Waals surface area contributed by atoms with Gasteiger partial charge in [-0.05, 0) is 185 Å². The van der Waals surface area contributed by atoms with Gasteiger partial charge in [0.25, 0.3) is 0 Å². The van der Waals surface area contributed by atoms with Crippen LogP contribution in [-0.4, -0.2) is 11.2 Å². The number of rotatable bonds is 5. The van der Waals surface area contributed by atoms with Crippen LogP contribution in [0, 0.1) is 0 Å². The van der Waals surface area contributed by atoms with Gasteiger partial charge in [-0.3, -0.25) is 0 Å². The fraction of sp³-hybridized carbons (Fsp3) is 0. The maximum absolute atomic E-state index is 6.12. The zero-order valence-corrected chi connectivity index (χ0v) is 31.3. The SMILES string of the molecule is Brc1ccc(OC2=CC(Oc3ccc(Br)c(Br)c3Br)=NN(Oc3ccc(Br)c(Br)c3Br)N2)c(Br)c1Br. The van der Waals surface area contributed by atoms with Gasteiger partial charge in [-0.25, -0.2) is 5.43 Å². The molecular formula is C21H8Br9N3O3. The molecule has 0 saturated heterocycles. The highest BCUT2D eigenvalue weighted by Gasteiger charge is 2.22. The zero-order valence-electron chi connectivity index (χ0n) is 17.1. The highest BCUT2D eigenvalue weighted by atomic mass is 79.9. The van der Waals surface area contributed by atoms with Crippen molar-refractivity contribution in [2.45, 2.75) is 0 Å². The third kappa shape index (κ3) is 6.75. The molecule has 1 heterocycles. The van der Waals surface area contributed by atoms with Crippen molar-refractivity contribution in [1.82, 2.24) is 10.7 Å². The lowest BCUT2D eigenvalue weighted by atomic mass is 10.3. The fourth-order valence-corrected chi connectivity index (χ4v) is 6.65. The molecule has 0 aromatic heterocycles. The van der Waals surface area contributed by atoms with Gasteiger partial charge in [0.1, 0.15) is 11.5 Å². The Balaban J connectivity index is 1.68. The predicted octanol–water partition coefficient (Wildman–Crippen LogP) is 11.0. The monoisotopic (exact) mass is 1060 g/mol. The average Bonchev–Trinajstić information content (AvgIpc) is 2.85. The summed E-state index contributed by atoms with van der Waals surface area (Å²) in [5.74, 6) is 2.07. The average molecular weight is 1070 g/mol. The van der Waals surface area contributed by atoms with Crippen LogP contribution in [0.1, 0.15) is 0 Å². The second-order valence-corrected chi connectivity index (χ2v) is 14.0.